The summed E-state index contributed by atoms with van der Waals surface area (Å²) >= 11 is 0. The van der Waals surface area contributed by atoms with Crippen LogP contribution in [0, 0.1) is 6.92 Å². The molecule has 0 unspecified atom stereocenters. The average molecular weight is 395 g/mol. The molecular formula is C19H17F4N3O2. The molecule has 0 amide bonds. The van der Waals surface area contributed by atoms with Crippen molar-refractivity contribution in [1.82, 2.24) is 14.8 Å². The first kappa shape index (κ1) is 18.7. The number of ether oxygens (including phenoxy) is 1. The summed E-state index contributed by atoms with van der Waals surface area (Å²) in [7, 11) is 0. The number of benzene rings is 1. The minimum absolute atomic E-state index is 0.0121. The van der Waals surface area contributed by atoms with Crippen molar-refractivity contribution in [3.63, 3.8) is 0 Å². The smallest absolute Gasteiger partial charge is 0.416 e. The Labute approximate surface area is 157 Å². The number of rotatable bonds is 2. The normalized spacial score (nSPS) is 20.6. The Kier molecular flexibility index (Phi) is 4.49. The summed E-state index contributed by atoms with van der Waals surface area (Å²) in [5.41, 5.74) is 0.149. The third-order valence-corrected chi connectivity index (χ3v) is 4.88. The van der Waals surface area contributed by atoms with E-state index >= 15 is 0 Å². The molecule has 1 aliphatic rings. The Morgan fingerprint density at radius 3 is 2.71 bits per heavy atom. The van der Waals surface area contributed by atoms with Crippen LogP contribution in [0.3, 0.4) is 0 Å². The van der Waals surface area contributed by atoms with Crippen LogP contribution in [0.5, 0.6) is 5.75 Å². The van der Waals surface area contributed by atoms with Crippen LogP contribution in [-0.2, 0) is 10.9 Å². The number of phenols is 1. The molecule has 2 atom stereocenters. The molecular weight excluding hydrogens is 378 g/mol. The molecule has 0 spiro atoms. The molecule has 1 N–H and O–H groups in total. The van der Waals surface area contributed by atoms with Gasteiger partial charge in [-0.3, -0.25) is 4.68 Å². The molecule has 1 saturated heterocycles. The van der Waals surface area contributed by atoms with Gasteiger partial charge >= 0.3 is 6.18 Å². The second-order valence-electron chi connectivity index (χ2n) is 6.85. The molecule has 2 aromatic heterocycles. The first-order chi connectivity index (χ1) is 13.2. The molecule has 28 heavy (non-hydrogen) atoms. The second-order valence-corrected chi connectivity index (χ2v) is 6.85. The van der Waals surface area contributed by atoms with Crippen LogP contribution in [0.1, 0.15) is 23.6 Å². The minimum Gasteiger partial charge on any atom is -0.507 e. The Morgan fingerprint density at radius 1 is 1.25 bits per heavy atom. The number of aromatic hydroxyl groups is 1. The minimum atomic E-state index is -4.55. The number of phenolic OH excluding ortho intramolecular Hbond substituents is 1. The number of fused-ring (bicyclic) bond motifs is 1. The molecule has 1 fully saturated rings. The number of hydrogen-bond donors (Lipinski definition) is 1. The number of pyridine rings is 1. The second kappa shape index (κ2) is 6.73. The van der Waals surface area contributed by atoms with E-state index in [2.05, 4.69) is 10.1 Å². The van der Waals surface area contributed by atoms with Crippen molar-refractivity contribution < 1.29 is 27.4 Å². The van der Waals surface area contributed by atoms with Crippen LogP contribution in [0.15, 0.2) is 30.5 Å². The SMILES string of the molecule is Cc1cc(C(F)(F)F)cc(O)c1-c1ccc2cn([C@H]3CCOC[C@@H]3F)nc2n1. The summed E-state index contributed by atoms with van der Waals surface area (Å²) in [4.78, 5) is 4.37. The van der Waals surface area contributed by atoms with Crippen LogP contribution < -0.4 is 0 Å². The highest BCUT2D eigenvalue weighted by atomic mass is 19.4. The molecule has 0 saturated carbocycles. The number of halogens is 4. The number of aryl methyl sites for hydroxylation is 1. The summed E-state index contributed by atoms with van der Waals surface area (Å²) in [6.45, 7) is 1.93. The molecule has 0 aliphatic carbocycles. The monoisotopic (exact) mass is 395 g/mol. The summed E-state index contributed by atoms with van der Waals surface area (Å²) in [6, 6.07) is 4.50. The molecule has 3 aromatic rings. The third-order valence-electron chi connectivity index (χ3n) is 4.88. The molecule has 4 rings (SSSR count). The van der Waals surface area contributed by atoms with E-state index in [1.165, 1.54) is 11.6 Å². The maximum atomic E-state index is 14.1. The van der Waals surface area contributed by atoms with Gasteiger partial charge in [0.15, 0.2) is 5.65 Å². The molecule has 1 aliphatic heterocycles. The Morgan fingerprint density at radius 2 is 2.04 bits per heavy atom. The van der Waals surface area contributed by atoms with Gasteiger partial charge in [-0.25, -0.2) is 9.37 Å². The van der Waals surface area contributed by atoms with Gasteiger partial charge in [-0.2, -0.15) is 18.3 Å². The quantitative estimate of drug-likeness (QED) is 0.652. The zero-order valence-corrected chi connectivity index (χ0v) is 14.9. The van der Waals surface area contributed by atoms with Gasteiger partial charge in [-0.05, 0) is 43.2 Å². The van der Waals surface area contributed by atoms with Gasteiger partial charge < -0.3 is 9.84 Å². The Bertz CT molecular complexity index is 1010. The van der Waals surface area contributed by atoms with Crippen LogP contribution in [-0.4, -0.2) is 39.3 Å². The van der Waals surface area contributed by atoms with Gasteiger partial charge in [0.1, 0.15) is 11.9 Å². The lowest BCUT2D eigenvalue weighted by molar-refractivity contribution is -0.137. The third kappa shape index (κ3) is 3.30. The van der Waals surface area contributed by atoms with Crippen molar-refractivity contribution in [2.24, 2.45) is 0 Å². The molecule has 148 valence electrons. The average Bonchev–Trinajstić information content (AvgIpc) is 3.04. The lowest BCUT2D eigenvalue weighted by Gasteiger charge is -2.25. The standard InChI is InChI=1S/C19H17F4N3O2/c1-10-6-12(19(21,22)23)7-16(27)17(10)14-3-2-11-8-26(25-18(11)24-14)15-4-5-28-9-13(15)20/h2-3,6-8,13,15,27H,4-5,9H2,1H3/t13-,15-/m0/s1. The number of aromatic nitrogens is 3. The first-order valence-corrected chi connectivity index (χ1v) is 8.73. The fourth-order valence-corrected chi connectivity index (χ4v) is 3.49. The van der Waals surface area contributed by atoms with E-state index < -0.39 is 29.7 Å². The summed E-state index contributed by atoms with van der Waals surface area (Å²) < 4.78 is 59.5. The van der Waals surface area contributed by atoms with Crippen molar-refractivity contribution in [1.29, 1.82) is 0 Å². The molecule has 5 nitrogen and oxygen atoms in total. The van der Waals surface area contributed by atoms with E-state index in [0.717, 1.165) is 6.07 Å². The molecule has 1 aromatic carbocycles. The fraction of sp³-hybridized carbons (Fsp3) is 0.368. The largest absolute Gasteiger partial charge is 0.507 e. The predicted molar refractivity (Wildman–Crippen MR) is 93.7 cm³/mol. The zero-order valence-electron chi connectivity index (χ0n) is 14.9. The lowest BCUT2D eigenvalue weighted by atomic mass is 10.00. The van der Waals surface area contributed by atoms with Crippen molar-refractivity contribution >= 4 is 11.0 Å². The summed E-state index contributed by atoms with van der Waals surface area (Å²) in [5, 5.41) is 15.2. The van der Waals surface area contributed by atoms with E-state index in [4.69, 9.17) is 4.74 Å². The van der Waals surface area contributed by atoms with Crippen LogP contribution in [0.25, 0.3) is 22.3 Å². The first-order valence-electron chi connectivity index (χ1n) is 8.73. The summed E-state index contributed by atoms with van der Waals surface area (Å²) in [5.74, 6) is -0.508. The number of alkyl halides is 4. The highest BCUT2D eigenvalue weighted by Crippen LogP contribution is 2.38. The van der Waals surface area contributed by atoms with Crippen LogP contribution >= 0.6 is 0 Å². The number of nitrogens with zero attached hydrogens (tertiary/aromatic N) is 3. The van der Waals surface area contributed by atoms with Crippen molar-refractivity contribution in [2.75, 3.05) is 13.2 Å². The number of hydrogen-bond acceptors (Lipinski definition) is 4. The highest BCUT2D eigenvalue weighted by Gasteiger charge is 2.32. The van der Waals surface area contributed by atoms with E-state index in [9.17, 15) is 22.7 Å². The maximum Gasteiger partial charge on any atom is 0.416 e. The zero-order chi connectivity index (χ0) is 20.1. The van der Waals surface area contributed by atoms with Gasteiger partial charge in [0, 0.05) is 23.8 Å². The van der Waals surface area contributed by atoms with Gasteiger partial charge in [0.2, 0.25) is 0 Å². The van der Waals surface area contributed by atoms with Gasteiger partial charge in [0.25, 0.3) is 0 Å². The van der Waals surface area contributed by atoms with E-state index in [1.807, 2.05) is 0 Å². The molecule has 3 heterocycles. The van der Waals surface area contributed by atoms with Crippen molar-refractivity contribution in [3.05, 3.63) is 41.6 Å². The van der Waals surface area contributed by atoms with Crippen molar-refractivity contribution in [2.45, 2.75) is 31.7 Å². The van der Waals surface area contributed by atoms with Gasteiger partial charge in [-0.15, -0.1) is 0 Å². The maximum absolute atomic E-state index is 14.1. The van der Waals surface area contributed by atoms with E-state index in [1.54, 1.807) is 18.3 Å². The topological polar surface area (TPSA) is 60.2 Å². The Balaban J connectivity index is 1.74. The Hall–Kier alpha value is -2.68. The van der Waals surface area contributed by atoms with Gasteiger partial charge in [-0.1, -0.05) is 0 Å². The van der Waals surface area contributed by atoms with Crippen molar-refractivity contribution in [3.8, 4) is 17.0 Å². The van der Waals surface area contributed by atoms with E-state index in [0.29, 0.717) is 35.8 Å². The lowest BCUT2D eigenvalue weighted by Crippen LogP contribution is -2.31. The molecule has 9 heteroatoms. The van der Waals surface area contributed by atoms with E-state index in [-0.39, 0.29) is 17.7 Å². The van der Waals surface area contributed by atoms with Gasteiger partial charge in [0.05, 0.1) is 23.9 Å². The summed E-state index contributed by atoms with van der Waals surface area (Å²) in [6.07, 6.45) is -3.55. The highest BCUT2D eigenvalue weighted by molar-refractivity contribution is 5.80. The molecule has 0 bridgehead atoms. The fourth-order valence-electron chi connectivity index (χ4n) is 3.49. The van der Waals surface area contributed by atoms with Crippen LogP contribution in [0.2, 0.25) is 0 Å². The van der Waals surface area contributed by atoms with Crippen LogP contribution in [0.4, 0.5) is 17.6 Å². The predicted octanol–water partition coefficient (Wildman–Crippen LogP) is 4.43. The molecule has 0 radical (unpaired) electrons.